The monoisotopic (exact) mass is 385 g/mol. The van der Waals surface area contributed by atoms with Crippen molar-refractivity contribution in [2.24, 2.45) is 0 Å². The van der Waals surface area contributed by atoms with Crippen LogP contribution in [0.1, 0.15) is 24.7 Å². The molecule has 138 valence electrons. The molecule has 1 fully saturated rings. The lowest BCUT2D eigenvalue weighted by Crippen LogP contribution is -2.35. The Balaban J connectivity index is 1.56. The lowest BCUT2D eigenvalue weighted by atomic mass is 9.98. The zero-order chi connectivity index (χ0) is 18.8. The molecule has 1 aliphatic heterocycles. The summed E-state index contributed by atoms with van der Waals surface area (Å²) in [5.41, 5.74) is 0.827. The highest BCUT2D eigenvalue weighted by Crippen LogP contribution is 2.33. The number of pyridine rings is 1. The highest BCUT2D eigenvalue weighted by molar-refractivity contribution is 6.30. The van der Waals surface area contributed by atoms with Crippen LogP contribution in [0.2, 0.25) is 5.02 Å². The number of halogens is 1. The van der Waals surface area contributed by atoms with E-state index in [0.29, 0.717) is 35.6 Å². The molecule has 3 heterocycles. The summed E-state index contributed by atoms with van der Waals surface area (Å²) in [6, 6.07) is 10.3. The van der Waals surface area contributed by atoms with Crippen LogP contribution in [-0.4, -0.2) is 33.1 Å². The van der Waals surface area contributed by atoms with Crippen LogP contribution in [0.3, 0.4) is 0 Å². The van der Waals surface area contributed by atoms with Gasteiger partial charge in [0.2, 0.25) is 17.5 Å². The van der Waals surface area contributed by atoms with E-state index in [1.54, 1.807) is 24.4 Å². The van der Waals surface area contributed by atoms with Gasteiger partial charge in [-0.25, -0.2) is 4.98 Å². The molecule has 0 amide bonds. The van der Waals surface area contributed by atoms with Gasteiger partial charge in [0.15, 0.2) is 0 Å². The minimum Gasteiger partial charge on any atom is -0.350 e. The minimum atomic E-state index is -0.405. The average molecular weight is 386 g/mol. The molecule has 9 heteroatoms. The lowest BCUT2D eigenvalue weighted by Gasteiger charge is -2.31. The second kappa shape index (κ2) is 7.32. The highest BCUT2D eigenvalue weighted by atomic mass is 35.5. The van der Waals surface area contributed by atoms with Gasteiger partial charge < -0.3 is 9.42 Å². The molecule has 0 N–H and O–H groups in total. The number of nitro groups is 1. The maximum atomic E-state index is 11.3. The zero-order valence-corrected chi connectivity index (χ0v) is 15.0. The third kappa shape index (κ3) is 3.61. The number of aromatic nitrogens is 3. The SMILES string of the molecule is O=[N+]([O-])c1cccnc1N1CCCC(c2nc(-c3ccc(Cl)cc3)no2)C1. The van der Waals surface area contributed by atoms with E-state index in [1.807, 2.05) is 17.0 Å². The first kappa shape index (κ1) is 17.4. The maximum absolute atomic E-state index is 11.3. The molecule has 0 radical (unpaired) electrons. The number of hydrogen-bond acceptors (Lipinski definition) is 7. The van der Waals surface area contributed by atoms with Crippen LogP contribution >= 0.6 is 11.6 Å². The van der Waals surface area contributed by atoms with Gasteiger partial charge in [-0.2, -0.15) is 4.98 Å². The molecule has 0 bridgehead atoms. The molecular weight excluding hydrogens is 370 g/mol. The Hall–Kier alpha value is -3.00. The van der Waals surface area contributed by atoms with Crippen molar-refractivity contribution < 1.29 is 9.45 Å². The van der Waals surface area contributed by atoms with Crippen LogP contribution in [0.4, 0.5) is 11.5 Å². The lowest BCUT2D eigenvalue weighted by molar-refractivity contribution is -0.384. The van der Waals surface area contributed by atoms with Gasteiger partial charge in [0.1, 0.15) is 0 Å². The third-order valence-corrected chi connectivity index (χ3v) is 4.83. The van der Waals surface area contributed by atoms with Crippen molar-refractivity contribution >= 4 is 23.1 Å². The summed E-state index contributed by atoms with van der Waals surface area (Å²) in [5, 5.41) is 16.0. The van der Waals surface area contributed by atoms with Crippen LogP contribution in [0.25, 0.3) is 11.4 Å². The molecule has 27 heavy (non-hydrogen) atoms. The molecule has 3 aromatic rings. The summed E-state index contributed by atoms with van der Waals surface area (Å²) in [6.45, 7) is 1.24. The van der Waals surface area contributed by atoms with E-state index < -0.39 is 4.92 Å². The van der Waals surface area contributed by atoms with Crippen LogP contribution in [-0.2, 0) is 0 Å². The Morgan fingerprint density at radius 3 is 2.85 bits per heavy atom. The van der Waals surface area contributed by atoms with Crippen molar-refractivity contribution in [1.29, 1.82) is 0 Å². The molecule has 0 spiro atoms. The van der Waals surface area contributed by atoms with Crippen molar-refractivity contribution in [2.75, 3.05) is 18.0 Å². The fourth-order valence-electron chi connectivity index (χ4n) is 3.26. The van der Waals surface area contributed by atoms with Gasteiger partial charge in [-0.3, -0.25) is 10.1 Å². The molecule has 1 unspecified atom stereocenters. The standard InChI is InChI=1S/C18H16ClN5O3/c19-14-7-5-12(6-8-14)16-21-18(27-22-16)13-3-2-10-23(11-13)17-15(24(25)26)4-1-9-20-17/h1,4-9,13H,2-3,10-11H2. The largest absolute Gasteiger partial charge is 0.350 e. The smallest absolute Gasteiger partial charge is 0.311 e. The molecule has 1 aromatic carbocycles. The predicted molar refractivity (Wildman–Crippen MR) is 99.8 cm³/mol. The molecule has 0 aliphatic carbocycles. The number of rotatable bonds is 4. The van der Waals surface area contributed by atoms with E-state index in [-0.39, 0.29) is 11.6 Å². The second-order valence-electron chi connectivity index (χ2n) is 6.35. The van der Waals surface area contributed by atoms with Crippen LogP contribution < -0.4 is 4.90 Å². The van der Waals surface area contributed by atoms with E-state index in [9.17, 15) is 10.1 Å². The second-order valence-corrected chi connectivity index (χ2v) is 6.79. The Morgan fingerprint density at radius 2 is 2.07 bits per heavy atom. The summed E-state index contributed by atoms with van der Waals surface area (Å²) >= 11 is 5.91. The molecule has 1 saturated heterocycles. The fraction of sp³-hybridized carbons (Fsp3) is 0.278. The van der Waals surface area contributed by atoms with Crippen LogP contribution in [0.15, 0.2) is 47.1 Å². The molecular formula is C18H16ClN5O3. The number of piperidine rings is 1. The van der Waals surface area contributed by atoms with E-state index in [2.05, 4.69) is 15.1 Å². The van der Waals surface area contributed by atoms with Crippen molar-refractivity contribution in [3.63, 3.8) is 0 Å². The Bertz CT molecular complexity index is 960. The first-order valence-corrected chi connectivity index (χ1v) is 8.93. The summed E-state index contributed by atoms with van der Waals surface area (Å²) < 4.78 is 5.48. The number of hydrogen-bond donors (Lipinski definition) is 0. The van der Waals surface area contributed by atoms with Gasteiger partial charge in [-0.15, -0.1) is 0 Å². The van der Waals surface area contributed by atoms with Crippen LogP contribution in [0, 0.1) is 10.1 Å². The van der Waals surface area contributed by atoms with Crippen LogP contribution in [0.5, 0.6) is 0 Å². The fourth-order valence-corrected chi connectivity index (χ4v) is 3.39. The number of benzene rings is 1. The van der Waals surface area contributed by atoms with Gasteiger partial charge in [0.05, 0.1) is 10.8 Å². The zero-order valence-electron chi connectivity index (χ0n) is 14.3. The molecule has 8 nitrogen and oxygen atoms in total. The summed E-state index contributed by atoms with van der Waals surface area (Å²) in [4.78, 5) is 21.5. The average Bonchev–Trinajstić information content (AvgIpc) is 3.19. The quantitative estimate of drug-likeness (QED) is 0.493. The number of anilines is 1. The van der Waals surface area contributed by atoms with E-state index in [4.69, 9.17) is 16.1 Å². The molecule has 1 atom stereocenters. The van der Waals surface area contributed by atoms with Gasteiger partial charge in [0.25, 0.3) is 0 Å². The Kier molecular flexibility index (Phi) is 4.72. The predicted octanol–water partition coefficient (Wildman–Crippen LogP) is 4.08. The van der Waals surface area contributed by atoms with Gasteiger partial charge in [-0.1, -0.05) is 16.8 Å². The molecule has 0 saturated carbocycles. The Morgan fingerprint density at radius 1 is 1.26 bits per heavy atom. The molecule has 2 aromatic heterocycles. The van der Waals surface area contributed by atoms with E-state index >= 15 is 0 Å². The van der Waals surface area contributed by atoms with Gasteiger partial charge in [0, 0.05) is 35.9 Å². The topological polar surface area (TPSA) is 98.2 Å². The highest BCUT2D eigenvalue weighted by Gasteiger charge is 2.30. The van der Waals surface area contributed by atoms with E-state index in [1.165, 1.54) is 6.07 Å². The first-order valence-electron chi connectivity index (χ1n) is 8.56. The minimum absolute atomic E-state index is 0.00512. The normalized spacial score (nSPS) is 17.1. The number of nitrogens with zero attached hydrogens (tertiary/aromatic N) is 5. The van der Waals surface area contributed by atoms with Gasteiger partial charge in [-0.05, 0) is 43.2 Å². The first-order chi connectivity index (χ1) is 13.1. The molecule has 4 rings (SSSR count). The van der Waals surface area contributed by atoms with Gasteiger partial charge >= 0.3 is 5.69 Å². The van der Waals surface area contributed by atoms with E-state index in [0.717, 1.165) is 18.4 Å². The Labute approximate surface area is 159 Å². The van der Waals surface area contributed by atoms with Crippen molar-refractivity contribution in [3.8, 4) is 11.4 Å². The maximum Gasteiger partial charge on any atom is 0.311 e. The molecule has 1 aliphatic rings. The summed E-state index contributed by atoms with van der Waals surface area (Å²) in [5.74, 6) is 1.41. The van der Waals surface area contributed by atoms with Crippen molar-refractivity contribution in [2.45, 2.75) is 18.8 Å². The van der Waals surface area contributed by atoms with Crippen molar-refractivity contribution in [1.82, 2.24) is 15.1 Å². The third-order valence-electron chi connectivity index (χ3n) is 4.58. The van der Waals surface area contributed by atoms with Crippen molar-refractivity contribution in [3.05, 3.63) is 63.6 Å². The summed E-state index contributed by atoms with van der Waals surface area (Å²) in [7, 11) is 0. The summed E-state index contributed by atoms with van der Waals surface area (Å²) in [6.07, 6.45) is 3.30.